The quantitative estimate of drug-likeness (QED) is 0.857. The fourth-order valence-electron chi connectivity index (χ4n) is 2.52. The molecule has 1 heterocycles. The second-order valence-corrected chi connectivity index (χ2v) is 4.76. The molecule has 1 unspecified atom stereocenters. The van der Waals surface area contributed by atoms with Gasteiger partial charge in [-0.25, -0.2) is 4.79 Å². The molecule has 1 aromatic carbocycles. The van der Waals surface area contributed by atoms with E-state index in [-0.39, 0.29) is 11.1 Å². The minimum atomic E-state index is -1.09. The van der Waals surface area contributed by atoms with Gasteiger partial charge in [0.15, 0.2) is 0 Å². The number of rotatable bonds is 3. The third-order valence-corrected chi connectivity index (χ3v) is 3.50. The summed E-state index contributed by atoms with van der Waals surface area (Å²) in [6.45, 7) is 0.634. The van der Waals surface area contributed by atoms with E-state index in [1.165, 1.54) is 12.1 Å². The van der Waals surface area contributed by atoms with Crippen LogP contribution in [0.1, 0.15) is 35.2 Å². The SMILES string of the molecule is N#Cc1cc(C(=O)O)ccc1N1CCCCC1C(N)=O. The van der Waals surface area contributed by atoms with Crippen molar-refractivity contribution in [3.63, 3.8) is 0 Å². The van der Waals surface area contributed by atoms with Gasteiger partial charge in [0.05, 0.1) is 16.8 Å². The number of nitrogens with zero attached hydrogens (tertiary/aromatic N) is 2. The Morgan fingerprint density at radius 1 is 1.40 bits per heavy atom. The average molecular weight is 273 g/mol. The molecular weight excluding hydrogens is 258 g/mol. The van der Waals surface area contributed by atoms with Crippen molar-refractivity contribution in [2.75, 3.05) is 11.4 Å². The fraction of sp³-hybridized carbons (Fsp3) is 0.357. The molecular formula is C14H15N3O3. The van der Waals surface area contributed by atoms with Crippen molar-refractivity contribution in [3.05, 3.63) is 29.3 Å². The number of nitriles is 1. The summed E-state index contributed by atoms with van der Waals surface area (Å²) in [5.41, 5.74) is 6.28. The van der Waals surface area contributed by atoms with Gasteiger partial charge in [-0.2, -0.15) is 5.26 Å². The van der Waals surface area contributed by atoms with E-state index in [1.807, 2.05) is 6.07 Å². The molecule has 0 aromatic heterocycles. The van der Waals surface area contributed by atoms with Crippen molar-refractivity contribution in [2.24, 2.45) is 5.73 Å². The minimum Gasteiger partial charge on any atom is -0.478 e. The molecule has 1 fully saturated rings. The van der Waals surface area contributed by atoms with Gasteiger partial charge in [-0.15, -0.1) is 0 Å². The molecule has 1 saturated heterocycles. The van der Waals surface area contributed by atoms with Crippen molar-refractivity contribution in [3.8, 4) is 6.07 Å². The van der Waals surface area contributed by atoms with Crippen LogP contribution in [0.15, 0.2) is 18.2 Å². The lowest BCUT2D eigenvalue weighted by molar-refractivity contribution is -0.119. The Morgan fingerprint density at radius 2 is 2.15 bits per heavy atom. The van der Waals surface area contributed by atoms with Crippen LogP contribution >= 0.6 is 0 Å². The van der Waals surface area contributed by atoms with Crippen LogP contribution in [0.3, 0.4) is 0 Å². The van der Waals surface area contributed by atoms with Gasteiger partial charge in [-0.1, -0.05) is 0 Å². The summed E-state index contributed by atoms with van der Waals surface area (Å²) in [4.78, 5) is 24.3. The van der Waals surface area contributed by atoms with E-state index in [0.29, 0.717) is 18.7 Å². The van der Waals surface area contributed by atoms with E-state index in [0.717, 1.165) is 12.8 Å². The van der Waals surface area contributed by atoms with Crippen LogP contribution < -0.4 is 10.6 Å². The summed E-state index contributed by atoms with van der Waals surface area (Å²) in [5.74, 6) is -1.51. The Labute approximate surface area is 116 Å². The number of aromatic carboxylic acids is 1. The third kappa shape index (κ3) is 2.57. The zero-order valence-corrected chi connectivity index (χ0v) is 10.9. The first-order valence-electron chi connectivity index (χ1n) is 6.38. The molecule has 0 bridgehead atoms. The van der Waals surface area contributed by atoms with Crippen LogP contribution in [0.25, 0.3) is 0 Å². The number of carboxylic acids is 1. The molecule has 1 amide bonds. The average Bonchev–Trinajstić information content (AvgIpc) is 2.46. The zero-order valence-electron chi connectivity index (χ0n) is 10.9. The summed E-state index contributed by atoms with van der Waals surface area (Å²) in [5, 5.41) is 18.1. The highest BCUT2D eigenvalue weighted by molar-refractivity contribution is 5.90. The van der Waals surface area contributed by atoms with Gasteiger partial charge in [0.1, 0.15) is 12.1 Å². The van der Waals surface area contributed by atoms with Gasteiger partial charge in [0.2, 0.25) is 5.91 Å². The monoisotopic (exact) mass is 273 g/mol. The van der Waals surface area contributed by atoms with Gasteiger partial charge < -0.3 is 15.7 Å². The molecule has 0 saturated carbocycles. The fourth-order valence-corrected chi connectivity index (χ4v) is 2.52. The Bertz CT molecular complexity index is 592. The number of hydrogen-bond donors (Lipinski definition) is 2. The number of amides is 1. The molecule has 2 rings (SSSR count). The standard InChI is InChI=1S/C14H15N3O3/c15-8-10-7-9(14(19)20)4-5-11(10)17-6-2-1-3-12(17)13(16)18/h4-5,7,12H,1-3,6H2,(H2,16,18)(H,19,20). The number of piperidine rings is 1. The Balaban J connectivity index is 2.43. The lowest BCUT2D eigenvalue weighted by Crippen LogP contribution is -2.48. The minimum absolute atomic E-state index is 0.0536. The second-order valence-electron chi connectivity index (χ2n) is 4.76. The van der Waals surface area contributed by atoms with Crippen LogP contribution in [-0.2, 0) is 4.79 Å². The number of hydrogen-bond acceptors (Lipinski definition) is 4. The predicted molar refractivity (Wildman–Crippen MR) is 72.3 cm³/mol. The van der Waals surface area contributed by atoms with Gasteiger partial charge in [-0.3, -0.25) is 4.79 Å². The molecule has 104 valence electrons. The van der Waals surface area contributed by atoms with E-state index in [2.05, 4.69) is 0 Å². The first kappa shape index (κ1) is 13.9. The van der Waals surface area contributed by atoms with Crippen molar-refractivity contribution in [1.82, 2.24) is 0 Å². The molecule has 1 aliphatic heterocycles. The van der Waals surface area contributed by atoms with Crippen molar-refractivity contribution in [2.45, 2.75) is 25.3 Å². The maximum Gasteiger partial charge on any atom is 0.335 e. The number of nitrogens with two attached hydrogens (primary N) is 1. The first-order valence-corrected chi connectivity index (χ1v) is 6.38. The molecule has 0 aliphatic carbocycles. The summed E-state index contributed by atoms with van der Waals surface area (Å²) < 4.78 is 0. The van der Waals surface area contributed by atoms with Gasteiger partial charge >= 0.3 is 5.97 Å². The first-order chi connectivity index (χ1) is 9.54. The third-order valence-electron chi connectivity index (χ3n) is 3.50. The topological polar surface area (TPSA) is 107 Å². The maximum absolute atomic E-state index is 11.5. The molecule has 1 aromatic rings. The molecule has 1 atom stereocenters. The van der Waals surface area contributed by atoms with E-state index in [1.54, 1.807) is 11.0 Å². The summed E-state index contributed by atoms with van der Waals surface area (Å²) in [6, 6.07) is 5.88. The van der Waals surface area contributed by atoms with Crippen LogP contribution in [0, 0.1) is 11.3 Å². The normalized spacial score (nSPS) is 18.4. The number of anilines is 1. The van der Waals surface area contributed by atoms with Crippen LogP contribution in [0.4, 0.5) is 5.69 Å². The smallest absolute Gasteiger partial charge is 0.335 e. The van der Waals surface area contributed by atoms with Gasteiger partial charge in [0, 0.05) is 6.54 Å². The molecule has 6 nitrogen and oxygen atoms in total. The molecule has 0 radical (unpaired) electrons. The van der Waals surface area contributed by atoms with Gasteiger partial charge in [-0.05, 0) is 37.5 Å². The van der Waals surface area contributed by atoms with Crippen molar-refractivity contribution in [1.29, 1.82) is 5.26 Å². The molecule has 3 N–H and O–H groups in total. The molecule has 1 aliphatic rings. The number of carbonyl (C=O) groups is 2. The summed E-state index contributed by atoms with van der Waals surface area (Å²) >= 11 is 0. The highest BCUT2D eigenvalue weighted by Gasteiger charge is 2.28. The molecule has 20 heavy (non-hydrogen) atoms. The predicted octanol–water partition coefficient (Wildman–Crippen LogP) is 1.10. The lowest BCUT2D eigenvalue weighted by atomic mass is 9.98. The van der Waals surface area contributed by atoms with Gasteiger partial charge in [0.25, 0.3) is 0 Å². The van der Waals surface area contributed by atoms with Crippen LogP contribution in [-0.4, -0.2) is 29.6 Å². The Morgan fingerprint density at radius 3 is 2.75 bits per heavy atom. The second kappa shape index (κ2) is 5.61. The number of benzene rings is 1. The highest BCUT2D eigenvalue weighted by atomic mass is 16.4. The number of carboxylic acid groups (broad SMARTS) is 1. The Kier molecular flexibility index (Phi) is 3.89. The van der Waals surface area contributed by atoms with Crippen molar-refractivity contribution >= 4 is 17.6 Å². The van der Waals surface area contributed by atoms with E-state index >= 15 is 0 Å². The molecule has 6 heteroatoms. The van der Waals surface area contributed by atoms with Crippen LogP contribution in [0.5, 0.6) is 0 Å². The Hall–Kier alpha value is -2.55. The highest BCUT2D eigenvalue weighted by Crippen LogP contribution is 2.28. The summed E-state index contributed by atoms with van der Waals surface area (Å²) in [6.07, 6.45) is 2.48. The van der Waals surface area contributed by atoms with E-state index in [4.69, 9.17) is 10.8 Å². The lowest BCUT2D eigenvalue weighted by Gasteiger charge is -2.36. The van der Waals surface area contributed by atoms with E-state index in [9.17, 15) is 14.9 Å². The zero-order chi connectivity index (χ0) is 14.7. The van der Waals surface area contributed by atoms with Crippen LogP contribution in [0.2, 0.25) is 0 Å². The van der Waals surface area contributed by atoms with E-state index < -0.39 is 17.9 Å². The van der Waals surface area contributed by atoms with Crippen molar-refractivity contribution < 1.29 is 14.7 Å². The molecule has 0 spiro atoms. The maximum atomic E-state index is 11.5. The number of primary amides is 1. The summed E-state index contributed by atoms with van der Waals surface area (Å²) in [7, 11) is 0. The largest absolute Gasteiger partial charge is 0.478 e. The number of carbonyl (C=O) groups excluding carboxylic acids is 1.